The van der Waals surface area contributed by atoms with Gasteiger partial charge in [-0.05, 0) is 81.4 Å². The van der Waals surface area contributed by atoms with Crippen molar-refractivity contribution in [3.8, 4) is 0 Å². The van der Waals surface area contributed by atoms with Crippen LogP contribution in [0.15, 0.2) is 48.5 Å². The minimum atomic E-state index is -4.61. The highest BCUT2D eigenvalue weighted by Crippen LogP contribution is 2.48. The van der Waals surface area contributed by atoms with Gasteiger partial charge >= 0.3 is 6.18 Å². The Bertz CT molecular complexity index is 1380. The van der Waals surface area contributed by atoms with Gasteiger partial charge in [0.15, 0.2) is 6.10 Å². The van der Waals surface area contributed by atoms with Crippen molar-refractivity contribution in [3.05, 3.63) is 76.9 Å². The van der Waals surface area contributed by atoms with Crippen LogP contribution in [0.3, 0.4) is 0 Å². The Kier molecular flexibility index (Phi) is 9.59. The van der Waals surface area contributed by atoms with Crippen molar-refractivity contribution >= 4 is 11.6 Å². The molecule has 9 heteroatoms. The van der Waals surface area contributed by atoms with Gasteiger partial charge in [-0.2, -0.15) is 13.2 Å². The van der Waals surface area contributed by atoms with Crippen LogP contribution in [0.5, 0.6) is 0 Å². The maximum Gasteiger partial charge on any atom is 0.414 e. The van der Waals surface area contributed by atoms with Crippen LogP contribution in [0.4, 0.5) is 18.9 Å². The third kappa shape index (κ3) is 8.05. The number of aryl methyl sites for hydroxylation is 2. The zero-order chi connectivity index (χ0) is 30.7. The Morgan fingerprint density at radius 3 is 2.42 bits per heavy atom. The van der Waals surface area contributed by atoms with Crippen LogP contribution in [0.25, 0.3) is 0 Å². The second-order valence-electron chi connectivity index (χ2n) is 13.0. The van der Waals surface area contributed by atoms with Gasteiger partial charge in [-0.15, -0.1) is 10.2 Å². The second kappa shape index (κ2) is 13.2. The molecule has 0 bridgehead atoms. The second-order valence-corrected chi connectivity index (χ2v) is 13.0. The van der Waals surface area contributed by atoms with E-state index in [1.807, 2.05) is 38.1 Å². The summed E-state index contributed by atoms with van der Waals surface area (Å²) in [5.41, 5.74) is 3.27. The van der Waals surface area contributed by atoms with Gasteiger partial charge in [0.05, 0.1) is 6.61 Å². The van der Waals surface area contributed by atoms with E-state index in [0.29, 0.717) is 28.9 Å². The van der Waals surface area contributed by atoms with E-state index >= 15 is 0 Å². The lowest BCUT2D eigenvalue weighted by Gasteiger charge is -2.36. The van der Waals surface area contributed by atoms with Crippen molar-refractivity contribution in [2.75, 3.05) is 5.32 Å². The number of aromatic nitrogens is 3. The molecule has 2 fully saturated rings. The summed E-state index contributed by atoms with van der Waals surface area (Å²) in [6.45, 7) is 8.15. The van der Waals surface area contributed by atoms with E-state index < -0.39 is 24.6 Å². The van der Waals surface area contributed by atoms with Crippen LogP contribution in [0, 0.1) is 25.7 Å². The molecular formula is C34H43F3N4O2. The van der Waals surface area contributed by atoms with E-state index in [4.69, 9.17) is 4.74 Å². The standard InChI is InChI=1S/C34H43F3N4O2/c1-21(2)14-25-16-26(17-25)32-39-40-33(41(32)28-11-12-28)27(19-31(42)38-29-13-10-22(3)15-23(29)4)18-30(34(35,36)37)43-20-24-8-6-5-7-9-24/h5-10,13,15,21,25-28,30H,11-12,14,16-20H2,1-4H3,(H,38,42)/t25-,26+,27-,30?/m0/s1. The van der Waals surface area contributed by atoms with Crippen LogP contribution < -0.4 is 5.32 Å². The number of alkyl halides is 3. The van der Waals surface area contributed by atoms with E-state index in [2.05, 4.69) is 33.9 Å². The summed E-state index contributed by atoms with van der Waals surface area (Å²) in [6, 6.07) is 14.7. The summed E-state index contributed by atoms with van der Waals surface area (Å²) in [4.78, 5) is 13.4. The summed E-state index contributed by atoms with van der Waals surface area (Å²) in [7, 11) is 0. The van der Waals surface area contributed by atoms with E-state index in [1.54, 1.807) is 24.3 Å². The molecule has 6 nitrogen and oxygen atoms in total. The van der Waals surface area contributed by atoms with Gasteiger partial charge in [-0.3, -0.25) is 4.79 Å². The molecule has 2 atom stereocenters. The lowest BCUT2D eigenvalue weighted by atomic mass is 9.71. The number of rotatable bonds is 13. The van der Waals surface area contributed by atoms with Crippen molar-refractivity contribution in [2.45, 2.75) is 109 Å². The predicted molar refractivity (Wildman–Crippen MR) is 161 cm³/mol. The molecule has 1 unspecified atom stereocenters. The van der Waals surface area contributed by atoms with Gasteiger partial charge in [0.2, 0.25) is 5.91 Å². The lowest BCUT2D eigenvalue weighted by Crippen LogP contribution is -2.35. The van der Waals surface area contributed by atoms with Crippen molar-refractivity contribution in [1.82, 2.24) is 14.8 Å². The first-order chi connectivity index (χ1) is 20.5. The predicted octanol–water partition coefficient (Wildman–Crippen LogP) is 8.42. The normalized spacial score (nSPS) is 20.1. The van der Waals surface area contributed by atoms with E-state index in [1.165, 1.54) is 0 Å². The Morgan fingerprint density at radius 1 is 1.07 bits per heavy atom. The Labute approximate surface area is 252 Å². The fourth-order valence-corrected chi connectivity index (χ4v) is 6.37. The number of benzene rings is 2. The summed E-state index contributed by atoms with van der Waals surface area (Å²) in [5.74, 6) is 1.68. The number of carbonyl (C=O) groups is 1. The molecule has 1 amide bonds. The number of carbonyl (C=O) groups excluding carboxylic acids is 1. The highest BCUT2D eigenvalue weighted by atomic mass is 19.4. The summed E-state index contributed by atoms with van der Waals surface area (Å²) in [5, 5.41) is 12.0. The number of hydrogen-bond donors (Lipinski definition) is 1. The van der Waals surface area contributed by atoms with Crippen molar-refractivity contribution in [3.63, 3.8) is 0 Å². The molecule has 43 heavy (non-hydrogen) atoms. The smallest absolute Gasteiger partial charge is 0.364 e. The minimum Gasteiger partial charge on any atom is -0.364 e. The first-order valence-corrected chi connectivity index (χ1v) is 15.5. The SMILES string of the molecule is Cc1ccc(NC(=O)C[C@H](CC(OCc2ccccc2)C(F)(F)F)c2nnc([C@H]3C[C@@H](CC(C)C)C3)n2C2CC2)c(C)c1. The van der Waals surface area contributed by atoms with E-state index in [-0.39, 0.29) is 30.9 Å². The number of halogens is 3. The van der Waals surface area contributed by atoms with Crippen LogP contribution in [0.1, 0.15) is 105 Å². The Morgan fingerprint density at radius 2 is 1.79 bits per heavy atom. The zero-order valence-electron chi connectivity index (χ0n) is 25.5. The molecule has 2 aliphatic carbocycles. The summed E-state index contributed by atoms with van der Waals surface area (Å²) >= 11 is 0. The molecule has 0 saturated heterocycles. The molecule has 1 heterocycles. The highest BCUT2D eigenvalue weighted by Gasteiger charge is 2.45. The summed E-state index contributed by atoms with van der Waals surface area (Å²) in [6.07, 6.45) is -2.15. The topological polar surface area (TPSA) is 69.0 Å². The van der Waals surface area contributed by atoms with Gasteiger partial charge in [0.25, 0.3) is 0 Å². The average molecular weight is 597 g/mol. The molecule has 0 aliphatic heterocycles. The number of anilines is 1. The van der Waals surface area contributed by atoms with Crippen molar-refractivity contribution < 1.29 is 22.7 Å². The maximum atomic E-state index is 14.4. The van der Waals surface area contributed by atoms with Gasteiger partial charge in [-0.1, -0.05) is 61.9 Å². The first kappa shape index (κ1) is 31.2. The number of amides is 1. The molecule has 2 aromatic carbocycles. The van der Waals surface area contributed by atoms with Crippen LogP contribution in [-0.2, 0) is 16.1 Å². The Balaban J connectivity index is 1.41. The third-order valence-corrected chi connectivity index (χ3v) is 8.68. The largest absolute Gasteiger partial charge is 0.414 e. The quantitative estimate of drug-likeness (QED) is 0.215. The van der Waals surface area contributed by atoms with E-state index in [9.17, 15) is 18.0 Å². The molecule has 1 aromatic heterocycles. The van der Waals surface area contributed by atoms with Gasteiger partial charge < -0.3 is 14.6 Å². The molecule has 2 aliphatic rings. The number of nitrogens with zero attached hydrogens (tertiary/aromatic N) is 3. The summed E-state index contributed by atoms with van der Waals surface area (Å²) < 4.78 is 50.9. The van der Waals surface area contributed by atoms with Gasteiger partial charge in [0, 0.05) is 30.0 Å². The van der Waals surface area contributed by atoms with Gasteiger partial charge in [0.1, 0.15) is 11.6 Å². The molecule has 232 valence electrons. The first-order valence-electron chi connectivity index (χ1n) is 15.5. The fraction of sp³-hybridized carbons (Fsp3) is 0.559. The Hall–Kier alpha value is -3.20. The van der Waals surface area contributed by atoms with Crippen molar-refractivity contribution in [1.29, 1.82) is 0 Å². The van der Waals surface area contributed by atoms with E-state index in [0.717, 1.165) is 49.1 Å². The van der Waals surface area contributed by atoms with Crippen LogP contribution >= 0.6 is 0 Å². The number of ether oxygens (including phenoxy) is 1. The highest BCUT2D eigenvalue weighted by molar-refractivity contribution is 5.92. The third-order valence-electron chi connectivity index (χ3n) is 8.68. The maximum absolute atomic E-state index is 14.4. The molecule has 0 spiro atoms. The monoisotopic (exact) mass is 596 g/mol. The molecule has 0 radical (unpaired) electrons. The average Bonchev–Trinajstić information content (AvgIpc) is 3.67. The van der Waals surface area contributed by atoms with Crippen molar-refractivity contribution in [2.24, 2.45) is 11.8 Å². The van der Waals surface area contributed by atoms with Crippen LogP contribution in [0.2, 0.25) is 0 Å². The number of hydrogen-bond acceptors (Lipinski definition) is 4. The lowest BCUT2D eigenvalue weighted by molar-refractivity contribution is -0.227. The van der Waals surface area contributed by atoms with Crippen LogP contribution in [-0.4, -0.2) is 33.0 Å². The minimum absolute atomic E-state index is 0.153. The number of nitrogens with one attached hydrogen (secondary N) is 1. The molecule has 3 aromatic rings. The zero-order valence-corrected chi connectivity index (χ0v) is 25.5. The van der Waals surface area contributed by atoms with Gasteiger partial charge in [-0.25, -0.2) is 0 Å². The molecule has 1 N–H and O–H groups in total. The molecule has 5 rings (SSSR count). The fourth-order valence-electron chi connectivity index (χ4n) is 6.37. The molecule has 2 saturated carbocycles. The molecular weight excluding hydrogens is 553 g/mol.